The third kappa shape index (κ3) is 4.70. The van der Waals surface area contributed by atoms with E-state index in [1.807, 2.05) is 6.92 Å². The molecule has 0 radical (unpaired) electrons. The normalized spacial score (nSPS) is 20.7. The molecule has 90 valence electrons. The molecule has 15 heavy (non-hydrogen) atoms. The second-order valence-corrected chi connectivity index (χ2v) is 7.22. The molecule has 3 nitrogen and oxygen atoms in total. The molecular formula is C10H19ClO3S. The van der Waals surface area contributed by atoms with Crippen molar-refractivity contribution in [1.82, 2.24) is 0 Å². The summed E-state index contributed by atoms with van der Waals surface area (Å²) in [7, 11) is 1.92. The highest BCUT2D eigenvalue weighted by Crippen LogP contribution is 2.40. The first-order valence-corrected chi connectivity index (χ1v) is 7.95. The van der Waals surface area contributed by atoms with Gasteiger partial charge in [0, 0.05) is 22.7 Å². The summed E-state index contributed by atoms with van der Waals surface area (Å²) in [4.78, 5) is 0. The number of ether oxygens (including phenoxy) is 1. The SMILES string of the molecule is CCCOCC1(CS(=O)(=O)Cl)CCCC1. The molecule has 0 saturated heterocycles. The van der Waals surface area contributed by atoms with Crippen LogP contribution in [0.5, 0.6) is 0 Å². The maximum absolute atomic E-state index is 11.1. The van der Waals surface area contributed by atoms with E-state index < -0.39 is 9.05 Å². The van der Waals surface area contributed by atoms with Crippen LogP contribution in [0.2, 0.25) is 0 Å². The summed E-state index contributed by atoms with van der Waals surface area (Å²) in [6.07, 6.45) is 4.97. The van der Waals surface area contributed by atoms with Crippen LogP contribution in [0.3, 0.4) is 0 Å². The molecule has 0 aromatic carbocycles. The highest BCUT2D eigenvalue weighted by molar-refractivity contribution is 8.13. The summed E-state index contributed by atoms with van der Waals surface area (Å²) in [5, 5.41) is 0. The summed E-state index contributed by atoms with van der Waals surface area (Å²) in [5.74, 6) is 0.0608. The Kier molecular flexibility index (Phi) is 4.87. The maximum Gasteiger partial charge on any atom is 0.233 e. The van der Waals surface area contributed by atoms with E-state index in [4.69, 9.17) is 15.4 Å². The van der Waals surface area contributed by atoms with Gasteiger partial charge in [-0.15, -0.1) is 0 Å². The lowest BCUT2D eigenvalue weighted by atomic mass is 9.90. The monoisotopic (exact) mass is 254 g/mol. The molecule has 0 bridgehead atoms. The molecule has 1 aliphatic rings. The Labute approximate surface area is 96.6 Å². The molecule has 0 amide bonds. The van der Waals surface area contributed by atoms with Gasteiger partial charge in [-0.05, 0) is 19.3 Å². The quantitative estimate of drug-likeness (QED) is 0.540. The van der Waals surface area contributed by atoms with Crippen LogP contribution >= 0.6 is 10.7 Å². The van der Waals surface area contributed by atoms with Gasteiger partial charge in [0.2, 0.25) is 9.05 Å². The number of rotatable bonds is 6. The van der Waals surface area contributed by atoms with Gasteiger partial charge in [-0.3, -0.25) is 0 Å². The fourth-order valence-electron chi connectivity index (χ4n) is 2.25. The minimum Gasteiger partial charge on any atom is -0.381 e. The molecule has 1 aliphatic carbocycles. The predicted molar refractivity (Wildman–Crippen MR) is 61.7 cm³/mol. The van der Waals surface area contributed by atoms with E-state index in [2.05, 4.69) is 0 Å². The second kappa shape index (κ2) is 5.51. The molecule has 0 N–H and O–H groups in total. The van der Waals surface area contributed by atoms with Gasteiger partial charge in [0.15, 0.2) is 0 Å². The molecule has 0 aromatic rings. The third-order valence-electron chi connectivity index (χ3n) is 2.90. The molecule has 0 heterocycles. The van der Waals surface area contributed by atoms with Crippen LogP contribution in [0.15, 0.2) is 0 Å². The molecule has 0 unspecified atom stereocenters. The average Bonchev–Trinajstić information content (AvgIpc) is 2.51. The van der Waals surface area contributed by atoms with Crippen LogP contribution in [0, 0.1) is 5.41 Å². The van der Waals surface area contributed by atoms with Crippen molar-refractivity contribution in [2.24, 2.45) is 5.41 Å². The zero-order valence-corrected chi connectivity index (χ0v) is 10.7. The Morgan fingerprint density at radius 1 is 1.33 bits per heavy atom. The first-order chi connectivity index (χ1) is 6.97. The first kappa shape index (κ1) is 13.3. The standard InChI is InChI=1S/C10H19ClO3S/c1-2-7-14-8-10(5-3-4-6-10)9-15(11,12)13/h2-9H2,1H3. The van der Waals surface area contributed by atoms with E-state index in [1.54, 1.807) is 0 Å². The van der Waals surface area contributed by atoms with Crippen LogP contribution in [-0.4, -0.2) is 27.4 Å². The molecule has 0 spiro atoms. The lowest BCUT2D eigenvalue weighted by molar-refractivity contribution is 0.0586. The van der Waals surface area contributed by atoms with E-state index in [-0.39, 0.29) is 11.2 Å². The minimum absolute atomic E-state index is 0.0608. The zero-order valence-electron chi connectivity index (χ0n) is 9.17. The largest absolute Gasteiger partial charge is 0.381 e. The van der Waals surface area contributed by atoms with Crippen molar-refractivity contribution < 1.29 is 13.2 Å². The van der Waals surface area contributed by atoms with Crippen molar-refractivity contribution in [3.63, 3.8) is 0 Å². The van der Waals surface area contributed by atoms with Gasteiger partial charge >= 0.3 is 0 Å². The van der Waals surface area contributed by atoms with Gasteiger partial charge in [-0.1, -0.05) is 19.8 Å². The van der Waals surface area contributed by atoms with Crippen LogP contribution in [0.25, 0.3) is 0 Å². The average molecular weight is 255 g/mol. The third-order valence-corrected chi connectivity index (χ3v) is 4.18. The second-order valence-electron chi connectivity index (χ2n) is 4.44. The Hall–Kier alpha value is 0.200. The molecule has 5 heteroatoms. The lowest BCUT2D eigenvalue weighted by Gasteiger charge is -2.26. The fraction of sp³-hybridized carbons (Fsp3) is 1.00. The highest BCUT2D eigenvalue weighted by atomic mass is 35.7. The van der Waals surface area contributed by atoms with E-state index in [1.165, 1.54) is 0 Å². The number of hydrogen-bond acceptors (Lipinski definition) is 3. The van der Waals surface area contributed by atoms with Gasteiger partial charge in [-0.25, -0.2) is 8.42 Å². The molecule has 0 aliphatic heterocycles. The lowest BCUT2D eigenvalue weighted by Crippen LogP contribution is -2.30. The zero-order chi connectivity index (χ0) is 11.4. The molecular weight excluding hydrogens is 236 g/mol. The summed E-state index contributed by atoms with van der Waals surface area (Å²) in [5.41, 5.74) is -0.213. The topological polar surface area (TPSA) is 43.4 Å². The molecule has 1 fully saturated rings. The van der Waals surface area contributed by atoms with E-state index in [9.17, 15) is 8.42 Å². The van der Waals surface area contributed by atoms with Gasteiger partial charge < -0.3 is 4.74 Å². The number of halogens is 1. The summed E-state index contributed by atoms with van der Waals surface area (Å²) < 4.78 is 27.8. The van der Waals surface area contributed by atoms with E-state index in [0.29, 0.717) is 13.2 Å². The van der Waals surface area contributed by atoms with Crippen molar-refractivity contribution in [3.8, 4) is 0 Å². The molecule has 0 atom stereocenters. The van der Waals surface area contributed by atoms with Crippen molar-refractivity contribution in [2.45, 2.75) is 39.0 Å². The van der Waals surface area contributed by atoms with Crippen LogP contribution in [0.1, 0.15) is 39.0 Å². The molecule has 1 rings (SSSR count). The Morgan fingerprint density at radius 2 is 1.93 bits per heavy atom. The smallest absolute Gasteiger partial charge is 0.233 e. The number of hydrogen-bond donors (Lipinski definition) is 0. The molecule has 1 saturated carbocycles. The van der Waals surface area contributed by atoms with Crippen molar-refractivity contribution in [2.75, 3.05) is 19.0 Å². The van der Waals surface area contributed by atoms with Gasteiger partial charge in [0.25, 0.3) is 0 Å². The van der Waals surface area contributed by atoms with E-state index >= 15 is 0 Å². The fourth-order valence-corrected chi connectivity index (χ4v) is 4.05. The van der Waals surface area contributed by atoms with Crippen molar-refractivity contribution in [3.05, 3.63) is 0 Å². The Morgan fingerprint density at radius 3 is 2.40 bits per heavy atom. The van der Waals surface area contributed by atoms with E-state index in [0.717, 1.165) is 32.1 Å². The maximum atomic E-state index is 11.1. The van der Waals surface area contributed by atoms with Gasteiger partial charge in [-0.2, -0.15) is 0 Å². The Bertz CT molecular complexity index is 281. The van der Waals surface area contributed by atoms with Gasteiger partial charge in [0.05, 0.1) is 12.4 Å². The van der Waals surface area contributed by atoms with Crippen LogP contribution < -0.4 is 0 Å². The summed E-state index contributed by atoms with van der Waals surface area (Å²) in [6, 6.07) is 0. The minimum atomic E-state index is -3.41. The summed E-state index contributed by atoms with van der Waals surface area (Å²) in [6.45, 7) is 3.27. The van der Waals surface area contributed by atoms with Crippen LogP contribution in [0.4, 0.5) is 0 Å². The molecule has 0 aromatic heterocycles. The van der Waals surface area contributed by atoms with Gasteiger partial charge in [0.1, 0.15) is 0 Å². The predicted octanol–water partition coefficient (Wildman–Crippen LogP) is 2.54. The van der Waals surface area contributed by atoms with Crippen molar-refractivity contribution >= 4 is 19.7 Å². The van der Waals surface area contributed by atoms with Crippen LogP contribution in [-0.2, 0) is 13.8 Å². The highest BCUT2D eigenvalue weighted by Gasteiger charge is 2.37. The summed E-state index contributed by atoms with van der Waals surface area (Å²) >= 11 is 0. The van der Waals surface area contributed by atoms with Crippen molar-refractivity contribution in [1.29, 1.82) is 0 Å². The first-order valence-electron chi connectivity index (χ1n) is 5.47. The Balaban J connectivity index is 2.54.